The highest BCUT2D eigenvalue weighted by Crippen LogP contribution is 2.50. The Balaban J connectivity index is 2.04. The van der Waals surface area contributed by atoms with Crippen LogP contribution in [0.1, 0.15) is 38.9 Å². The van der Waals surface area contributed by atoms with Crippen LogP contribution in [0.2, 0.25) is 0 Å². The van der Waals surface area contributed by atoms with Crippen LogP contribution in [0.25, 0.3) is 0 Å². The summed E-state index contributed by atoms with van der Waals surface area (Å²) in [5.74, 6) is 1.04. The molecule has 1 aromatic rings. The maximum atomic E-state index is 5.65. The molecule has 0 aromatic carbocycles. The molecule has 102 valence electrons. The molecule has 2 atom stereocenters. The average molecular weight is 251 g/mol. The van der Waals surface area contributed by atoms with Crippen LogP contribution in [0.3, 0.4) is 0 Å². The van der Waals surface area contributed by atoms with Crippen LogP contribution in [0, 0.1) is 5.41 Å². The van der Waals surface area contributed by atoms with Gasteiger partial charge in [-0.2, -0.15) is 0 Å². The van der Waals surface area contributed by atoms with Crippen LogP contribution in [-0.2, 0) is 11.3 Å². The molecule has 0 saturated heterocycles. The van der Waals surface area contributed by atoms with Crippen LogP contribution in [-0.4, -0.2) is 41.2 Å². The van der Waals surface area contributed by atoms with Crippen molar-refractivity contribution < 1.29 is 4.74 Å². The van der Waals surface area contributed by atoms with Crippen molar-refractivity contribution in [2.45, 2.75) is 51.8 Å². The number of hydrogen-bond donors (Lipinski definition) is 1. The van der Waals surface area contributed by atoms with E-state index in [-0.39, 0.29) is 0 Å². The number of ether oxygens (including phenoxy) is 1. The lowest BCUT2D eigenvalue weighted by atomic mass is 9.58. The molecule has 1 aliphatic carbocycles. The fraction of sp³-hybridized carbons (Fsp3) is 0.786. The lowest BCUT2D eigenvalue weighted by molar-refractivity contribution is -0.158. The van der Waals surface area contributed by atoms with Gasteiger partial charge in [0.25, 0.3) is 0 Å². The van der Waals surface area contributed by atoms with Crippen LogP contribution in [0.5, 0.6) is 0 Å². The van der Waals surface area contributed by atoms with Crippen LogP contribution in [0.4, 0.5) is 0 Å². The Morgan fingerprint density at radius 1 is 1.50 bits per heavy atom. The topological polar surface area (TPSA) is 41.1 Å². The summed E-state index contributed by atoms with van der Waals surface area (Å²) < 4.78 is 5.65. The molecule has 1 fully saturated rings. The van der Waals surface area contributed by atoms with Crippen molar-refractivity contribution >= 4 is 0 Å². The van der Waals surface area contributed by atoms with Gasteiger partial charge >= 0.3 is 0 Å². The fourth-order valence-corrected chi connectivity index (χ4v) is 3.58. The monoisotopic (exact) mass is 251 g/mol. The fourth-order valence-electron chi connectivity index (χ4n) is 3.58. The molecule has 18 heavy (non-hydrogen) atoms. The van der Waals surface area contributed by atoms with Gasteiger partial charge in [0.15, 0.2) is 0 Å². The summed E-state index contributed by atoms with van der Waals surface area (Å²) in [5.41, 5.74) is 0.316. The SMILES string of the molecule is CCC1(CC)C(OC)CC1N(C)Cc1ncc[nH]1. The van der Waals surface area contributed by atoms with E-state index in [9.17, 15) is 0 Å². The smallest absolute Gasteiger partial charge is 0.120 e. The third kappa shape index (κ3) is 2.08. The first-order chi connectivity index (χ1) is 8.67. The van der Waals surface area contributed by atoms with E-state index in [1.165, 1.54) is 12.8 Å². The van der Waals surface area contributed by atoms with E-state index in [0.717, 1.165) is 18.8 Å². The van der Waals surface area contributed by atoms with E-state index >= 15 is 0 Å². The quantitative estimate of drug-likeness (QED) is 0.844. The van der Waals surface area contributed by atoms with E-state index in [4.69, 9.17) is 4.74 Å². The molecule has 2 rings (SSSR count). The summed E-state index contributed by atoms with van der Waals surface area (Å²) in [6.45, 7) is 5.45. The standard InChI is InChI=1S/C14H25N3O/c1-5-14(6-2)11(9-12(14)18-4)17(3)10-13-15-7-8-16-13/h7-8,11-12H,5-6,9-10H2,1-4H3,(H,15,16). The van der Waals surface area contributed by atoms with Gasteiger partial charge < -0.3 is 9.72 Å². The largest absolute Gasteiger partial charge is 0.381 e. The normalized spacial score (nSPS) is 26.3. The van der Waals surface area contributed by atoms with Crippen molar-refractivity contribution in [1.29, 1.82) is 0 Å². The highest BCUT2D eigenvalue weighted by atomic mass is 16.5. The lowest BCUT2D eigenvalue weighted by Gasteiger charge is -2.58. The number of rotatable bonds is 6. The van der Waals surface area contributed by atoms with Crippen molar-refractivity contribution in [2.75, 3.05) is 14.2 Å². The Hall–Kier alpha value is -0.870. The number of hydrogen-bond acceptors (Lipinski definition) is 3. The van der Waals surface area contributed by atoms with Crippen molar-refractivity contribution in [3.05, 3.63) is 18.2 Å². The van der Waals surface area contributed by atoms with Crippen LogP contribution >= 0.6 is 0 Å². The maximum Gasteiger partial charge on any atom is 0.120 e. The molecule has 1 aliphatic rings. The molecule has 0 bridgehead atoms. The van der Waals surface area contributed by atoms with Gasteiger partial charge in [-0.15, -0.1) is 0 Å². The first-order valence-corrected chi connectivity index (χ1v) is 6.89. The first kappa shape index (κ1) is 13.6. The van der Waals surface area contributed by atoms with E-state index in [1.807, 2.05) is 19.5 Å². The Kier molecular flexibility index (Phi) is 4.07. The minimum absolute atomic E-state index is 0.316. The van der Waals surface area contributed by atoms with Gasteiger partial charge in [-0.3, -0.25) is 4.90 Å². The third-order valence-electron chi connectivity index (χ3n) is 4.83. The van der Waals surface area contributed by atoms with Gasteiger partial charge in [0, 0.05) is 31.0 Å². The minimum Gasteiger partial charge on any atom is -0.381 e. The highest BCUT2D eigenvalue weighted by molar-refractivity contribution is 5.07. The van der Waals surface area contributed by atoms with Crippen molar-refractivity contribution in [3.63, 3.8) is 0 Å². The van der Waals surface area contributed by atoms with Gasteiger partial charge in [-0.05, 0) is 26.3 Å². The number of nitrogens with zero attached hydrogens (tertiary/aromatic N) is 2. The second-order valence-corrected chi connectivity index (χ2v) is 5.37. The zero-order chi connectivity index (χ0) is 13.2. The number of nitrogens with one attached hydrogen (secondary N) is 1. The molecule has 4 nitrogen and oxygen atoms in total. The van der Waals surface area contributed by atoms with Crippen LogP contribution < -0.4 is 0 Å². The maximum absolute atomic E-state index is 5.65. The minimum atomic E-state index is 0.316. The zero-order valence-electron chi connectivity index (χ0n) is 11.9. The molecule has 0 aliphatic heterocycles. The zero-order valence-corrected chi connectivity index (χ0v) is 11.9. The van der Waals surface area contributed by atoms with Gasteiger partial charge in [-0.25, -0.2) is 4.98 Å². The predicted octanol–water partition coefficient (Wildman–Crippen LogP) is 2.44. The van der Waals surface area contributed by atoms with E-state index in [2.05, 4.69) is 35.8 Å². The molecule has 1 N–H and O–H groups in total. The Morgan fingerprint density at radius 3 is 2.72 bits per heavy atom. The van der Waals surface area contributed by atoms with Gasteiger partial charge in [0.1, 0.15) is 5.82 Å². The van der Waals surface area contributed by atoms with Crippen molar-refractivity contribution in [1.82, 2.24) is 14.9 Å². The Labute approximate surface area is 110 Å². The lowest BCUT2D eigenvalue weighted by Crippen LogP contribution is -2.63. The number of H-pyrrole nitrogens is 1. The van der Waals surface area contributed by atoms with E-state index in [1.54, 1.807) is 0 Å². The molecule has 2 unspecified atom stereocenters. The molecular formula is C14H25N3O. The number of methoxy groups -OCH3 is 1. The van der Waals surface area contributed by atoms with Gasteiger partial charge in [0.2, 0.25) is 0 Å². The third-order valence-corrected chi connectivity index (χ3v) is 4.83. The molecule has 0 radical (unpaired) electrons. The summed E-state index contributed by atoms with van der Waals surface area (Å²) in [6.07, 6.45) is 7.60. The Bertz CT molecular complexity index is 359. The van der Waals surface area contributed by atoms with E-state index < -0.39 is 0 Å². The average Bonchev–Trinajstić information content (AvgIpc) is 2.83. The molecule has 1 saturated carbocycles. The molecule has 1 aromatic heterocycles. The van der Waals surface area contributed by atoms with E-state index in [0.29, 0.717) is 17.6 Å². The first-order valence-electron chi connectivity index (χ1n) is 6.89. The molecule has 0 spiro atoms. The summed E-state index contributed by atoms with van der Waals surface area (Å²) in [5, 5.41) is 0. The molecule has 1 heterocycles. The number of aromatic nitrogens is 2. The van der Waals surface area contributed by atoms with Crippen molar-refractivity contribution in [2.24, 2.45) is 5.41 Å². The second-order valence-electron chi connectivity index (χ2n) is 5.37. The summed E-state index contributed by atoms with van der Waals surface area (Å²) >= 11 is 0. The number of aromatic amines is 1. The highest BCUT2D eigenvalue weighted by Gasteiger charge is 2.54. The second kappa shape index (κ2) is 5.41. The van der Waals surface area contributed by atoms with Crippen molar-refractivity contribution in [3.8, 4) is 0 Å². The van der Waals surface area contributed by atoms with Gasteiger partial charge in [-0.1, -0.05) is 13.8 Å². The van der Waals surface area contributed by atoms with Gasteiger partial charge in [0.05, 0.1) is 12.6 Å². The van der Waals surface area contributed by atoms with Crippen LogP contribution in [0.15, 0.2) is 12.4 Å². The molecule has 4 heteroatoms. The summed E-state index contributed by atoms with van der Waals surface area (Å²) in [7, 11) is 4.03. The summed E-state index contributed by atoms with van der Waals surface area (Å²) in [6, 6.07) is 0.600. The molecular weight excluding hydrogens is 226 g/mol. The summed E-state index contributed by atoms with van der Waals surface area (Å²) in [4.78, 5) is 9.90. The predicted molar refractivity (Wildman–Crippen MR) is 72.3 cm³/mol. The molecule has 0 amide bonds. The number of imidazole rings is 1. The Morgan fingerprint density at radius 2 is 2.22 bits per heavy atom.